The molecule has 0 aliphatic carbocycles. The molecule has 0 spiro atoms. The van der Waals surface area contributed by atoms with Gasteiger partial charge >= 0.3 is 0 Å². The van der Waals surface area contributed by atoms with Gasteiger partial charge in [-0.15, -0.1) is 0 Å². The number of amides is 1. The van der Waals surface area contributed by atoms with Crippen LogP contribution in [0.25, 0.3) is 6.08 Å². The highest BCUT2D eigenvalue weighted by molar-refractivity contribution is 8.18. The first-order valence-corrected chi connectivity index (χ1v) is 11.8. The van der Waals surface area contributed by atoms with Crippen LogP contribution in [0.1, 0.15) is 19.4 Å². The molecule has 2 aromatic rings. The molecule has 174 valence electrons. The van der Waals surface area contributed by atoms with Crippen LogP contribution in [0, 0.1) is 10.1 Å². The van der Waals surface area contributed by atoms with Gasteiger partial charge in [0.05, 0.1) is 48.8 Å². The molecular weight excluding hydrogens is 464 g/mol. The lowest BCUT2D eigenvalue weighted by Gasteiger charge is -2.20. The van der Waals surface area contributed by atoms with Crippen molar-refractivity contribution >= 4 is 51.9 Å². The van der Waals surface area contributed by atoms with Gasteiger partial charge in [0.2, 0.25) is 0 Å². The molecule has 0 aromatic heterocycles. The molecule has 1 saturated heterocycles. The van der Waals surface area contributed by atoms with Gasteiger partial charge < -0.3 is 9.64 Å². The van der Waals surface area contributed by atoms with Crippen molar-refractivity contribution in [2.75, 3.05) is 33.3 Å². The van der Waals surface area contributed by atoms with E-state index in [2.05, 4.69) is 13.8 Å². The number of aliphatic imine (C=N–C) groups is 1. The molecule has 2 aromatic carbocycles. The number of nitro groups is 1. The second-order valence-corrected chi connectivity index (χ2v) is 8.75. The van der Waals surface area contributed by atoms with Gasteiger partial charge in [-0.25, -0.2) is 4.99 Å². The number of carbonyl (C=O) groups is 1. The molecule has 1 N–H and O–H groups in total. The first-order valence-electron chi connectivity index (χ1n) is 10.6. The third-order valence-electron chi connectivity index (χ3n) is 5.34. The summed E-state index contributed by atoms with van der Waals surface area (Å²) in [5, 5.41) is 11.9. The van der Waals surface area contributed by atoms with Crippen LogP contribution in [0.2, 0.25) is 5.02 Å². The molecule has 1 aliphatic rings. The Morgan fingerprint density at radius 2 is 1.91 bits per heavy atom. The average Bonchev–Trinajstić information content (AvgIpc) is 3.10. The van der Waals surface area contributed by atoms with Gasteiger partial charge in [-0.1, -0.05) is 17.7 Å². The van der Waals surface area contributed by atoms with Crippen LogP contribution >= 0.6 is 23.4 Å². The number of likely N-dealkylation sites (N-methyl/N-ethyl adjacent to an activating group) is 1. The minimum Gasteiger partial charge on any atom is -0.497 e. The average molecular weight is 490 g/mol. The maximum Gasteiger partial charge on any atom is 0.288 e. The zero-order valence-electron chi connectivity index (χ0n) is 18.7. The van der Waals surface area contributed by atoms with E-state index in [0.717, 1.165) is 25.4 Å². The topological polar surface area (TPSA) is 89.5 Å². The summed E-state index contributed by atoms with van der Waals surface area (Å²) in [6.07, 6.45) is 1.64. The predicted octanol–water partition coefficient (Wildman–Crippen LogP) is 3.79. The van der Waals surface area contributed by atoms with Crippen molar-refractivity contribution in [3.63, 3.8) is 0 Å². The summed E-state index contributed by atoms with van der Waals surface area (Å²) in [5.74, 6) is 0.553. The fraction of sp³-hybridized carbons (Fsp3) is 0.304. The molecule has 1 fully saturated rings. The third-order valence-corrected chi connectivity index (χ3v) is 6.67. The highest BCUT2D eigenvalue weighted by atomic mass is 35.5. The zero-order chi connectivity index (χ0) is 24.0. The molecule has 1 heterocycles. The van der Waals surface area contributed by atoms with Crippen LogP contribution in [0.4, 0.5) is 11.4 Å². The number of rotatable bonds is 9. The highest BCUT2D eigenvalue weighted by Gasteiger charge is 2.34. The van der Waals surface area contributed by atoms with Crippen LogP contribution < -0.4 is 9.64 Å². The minimum atomic E-state index is -0.538. The van der Waals surface area contributed by atoms with Gasteiger partial charge in [-0.2, -0.15) is 0 Å². The Balaban J connectivity index is 1.94. The number of nitrogens with one attached hydrogen (secondary N) is 1. The molecule has 8 nitrogen and oxygen atoms in total. The predicted molar refractivity (Wildman–Crippen MR) is 132 cm³/mol. The van der Waals surface area contributed by atoms with E-state index in [0.29, 0.717) is 27.9 Å². The Morgan fingerprint density at radius 3 is 2.52 bits per heavy atom. The van der Waals surface area contributed by atoms with Crippen LogP contribution in [-0.4, -0.2) is 54.2 Å². The lowest BCUT2D eigenvalue weighted by atomic mass is 10.2. The Bertz CT molecular complexity index is 1080. The Hall–Kier alpha value is -2.88. The number of hydrogen-bond acceptors (Lipinski definition) is 6. The van der Waals surface area contributed by atoms with Crippen molar-refractivity contribution in [2.24, 2.45) is 4.99 Å². The van der Waals surface area contributed by atoms with Crippen molar-refractivity contribution < 1.29 is 19.4 Å². The molecule has 0 bridgehead atoms. The fourth-order valence-corrected chi connectivity index (χ4v) is 4.55. The van der Waals surface area contributed by atoms with E-state index in [9.17, 15) is 14.9 Å². The van der Waals surface area contributed by atoms with Crippen molar-refractivity contribution in [1.29, 1.82) is 0 Å². The molecule has 1 aliphatic heterocycles. The maximum atomic E-state index is 13.3. The number of ether oxygens (including phenoxy) is 1. The van der Waals surface area contributed by atoms with Gasteiger partial charge in [-0.3, -0.25) is 19.8 Å². The largest absolute Gasteiger partial charge is 0.497 e. The van der Waals surface area contributed by atoms with Crippen LogP contribution in [-0.2, 0) is 4.79 Å². The van der Waals surface area contributed by atoms with Crippen molar-refractivity contribution in [1.82, 2.24) is 4.90 Å². The van der Waals surface area contributed by atoms with Gasteiger partial charge in [0.15, 0.2) is 5.17 Å². The van der Waals surface area contributed by atoms with Gasteiger partial charge in [0.25, 0.3) is 11.6 Å². The first-order chi connectivity index (χ1) is 15.9. The number of benzene rings is 2. The van der Waals surface area contributed by atoms with Crippen LogP contribution in [0.5, 0.6) is 5.75 Å². The second kappa shape index (κ2) is 11.3. The maximum absolute atomic E-state index is 13.3. The van der Waals surface area contributed by atoms with E-state index >= 15 is 0 Å². The molecule has 33 heavy (non-hydrogen) atoms. The summed E-state index contributed by atoms with van der Waals surface area (Å²) in [6, 6.07) is 11.8. The SMILES string of the molecule is CC[NH+](CC)CCN1C(=O)/C(=C\c2ccc(Cl)c([N+](=O)[O-])c2)SC1=Nc1ccc(OC)cc1. The molecular formula is C23H26ClN4O4S+. The first kappa shape index (κ1) is 24.8. The number of halogens is 1. The fourth-order valence-electron chi connectivity index (χ4n) is 3.34. The summed E-state index contributed by atoms with van der Waals surface area (Å²) < 4.78 is 5.20. The third kappa shape index (κ3) is 6.13. The van der Waals surface area contributed by atoms with E-state index in [1.807, 2.05) is 24.3 Å². The summed E-state index contributed by atoms with van der Waals surface area (Å²) in [4.78, 5) is 32.1. The number of amidine groups is 1. The number of quaternary nitrogens is 1. The minimum absolute atomic E-state index is 0.0538. The Morgan fingerprint density at radius 1 is 1.21 bits per heavy atom. The second-order valence-electron chi connectivity index (χ2n) is 7.33. The molecule has 0 unspecified atom stereocenters. The van der Waals surface area contributed by atoms with Gasteiger partial charge in [-0.05, 0) is 67.6 Å². The number of nitro benzene ring substituents is 1. The van der Waals surface area contributed by atoms with E-state index in [4.69, 9.17) is 21.3 Å². The molecule has 0 atom stereocenters. The quantitative estimate of drug-likeness (QED) is 0.329. The summed E-state index contributed by atoms with van der Waals surface area (Å²) in [6.45, 7) is 7.48. The molecule has 0 radical (unpaired) electrons. The smallest absolute Gasteiger partial charge is 0.288 e. The monoisotopic (exact) mass is 489 g/mol. The van der Waals surface area contributed by atoms with E-state index in [1.54, 1.807) is 24.2 Å². The number of thioether (sulfide) groups is 1. The number of methoxy groups -OCH3 is 1. The van der Waals surface area contributed by atoms with Gasteiger partial charge in [0.1, 0.15) is 10.8 Å². The van der Waals surface area contributed by atoms with E-state index in [1.165, 1.54) is 28.8 Å². The van der Waals surface area contributed by atoms with Crippen LogP contribution in [0.15, 0.2) is 52.4 Å². The zero-order valence-corrected chi connectivity index (χ0v) is 20.3. The summed E-state index contributed by atoms with van der Waals surface area (Å²) >= 11 is 7.18. The van der Waals surface area contributed by atoms with E-state index < -0.39 is 4.92 Å². The number of hydrogen-bond donors (Lipinski definition) is 1. The molecule has 3 rings (SSSR count). The molecule has 0 saturated carbocycles. The van der Waals surface area contributed by atoms with Gasteiger partial charge in [0, 0.05) is 6.07 Å². The standard InChI is InChI=1S/C23H25ClN4O4S/c1-4-26(5-2)12-13-27-22(29)21(15-16-6-11-19(24)20(14-16)28(30)31)33-23(27)25-17-7-9-18(32-3)10-8-17/h6-11,14-15H,4-5,12-13H2,1-3H3/p+1/b21-15+,25-23?. The number of nitrogens with zero attached hydrogens (tertiary/aromatic N) is 3. The summed E-state index contributed by atoms with van der Waals surface area (Å²) in [5.41, 5.74) is 1.03. The van der Waals surface area contributed by atoms with Crippen molar-refractivity contribution in [3.8, 4) is 5.75 Å². The van der Waals surface area contributed by atoms with Crippen molar-refractivity contribution in [3.05, 3.63) is 68.1 Å². The molecule has 10 heteroatoms. The van der Waals surface area contributed by atoms with Crippen LogP contribution in [0.3, 0.4) is 0 Å². The Labute approximate surface area is 202 Å². The van der Waals surface area contributed by atoms with E-state index in [-0.39, 0.29) is 16.6 Å². The Kier molecular flexibility index (Phi) is 8.49. The highest BCUT2D eigenvalue weighted by Crippen LogP contribution is 2.35. The normalized spacial score (nSPS) is 16.3. The lowest BCUT2D eigenvalue weighted by molar-refractivity contribution is -0.895. The number of carbonyl (C=O) groups excluding carboxylic acids is 1. The lowest BCUT2D eigenvalue weighted by Crippen LogP contribution is -3.12. The van der Waals surface area contributed by atoms with Crippen molar-refractivity contribution in [2.45, 2.75) is 13.8 Å². The molecule has 1 amide bonds. The summed E-state index contributed by atoms with van der Waals surface area (Å²) in [7, 11) is 1.60.